The summed E-state index contributed by atoms with van der Waals surface area (Å²) in [5.74, 6) is -0.444. The molecule has 0 aliphatic carbocycles. The molecule has 2 N–H and O–H groups in total. The van der Waals surface area contributed by atoms with E-state index in [-0.39, 0.29) is 23.4 Å². The molecule has 2 saturated heterocycles. The Hall–Kier alpha value is -3.15. The Morgan fingerprint density at radius 2 is 1.54 bits per heavy atom. The molecule has 4 aromatic rings. The summed E-state index contributed by atoms with van der Waals surface area (Å²) >= 11 is 0. The first kappa shape index (κ1) is 26.1. The van der Waals surface area contributed by atoms with Gasteiger partial charge < -0.3 is 24.4 Å². The molecule has 2 aromatic heterocycles. The fourth-order valence-electron chi connectivity index (χ4n) is 6.04. The molecule has 204 valence electrons. The molecule has 4 heterocycles. The fraction of sp³-hybridized carbons (Fsp3) is 0.414. The van der Waals surface area contributed by atoms with Gasteiger partial charge in [-0.15, -0.1) is 0 Å². The number of fused-ring (bicyclic) bond motifs is 2. The standard InChI is InChI=1S/C29H35N5O4Si/c1-28(2,3)39(19-12-8-6-9-13-19,20-14-10-7-11-15-20)35-16-21-23-24(38-29(4,5)37-23)27(36-21)34-18-33-22-25(30)31-17-32-26(22)34/h6-15,17-18,21,23-24,27H,16H2,1-5H3,(H2,30,31,32)/t21-,23-,24-,27-/m1/s1. The second kappa shape index (κ2) is 9.49. The lowest BCUT2D eigenvalue weighted by atomic mass is 10.1. The molecule has 2 aliphatic heterocycles. The average molecular weight is 546 g/mol. The van der Waals surface area contributed by atoms with Crippen LogP contribution in [-0.4, -0.2) is 58.5 Å². The summed E-state index contributed by atoms with van der Waals surface area (Å²) in [7, 11) is -2.77. The molecule has 39 heavy (non-hydrogen) atoms. The Morgan fingerprint density at radius 3 is 2.15 bits per heavy atom. The molecular weight excluding hydrogens is 510 g/mol. The predicted octanol–water partition coefficient (Wildman–Crippen LogP) is 3.40. The van der Waals surface area contributed by atoms with E-state index < -0.39 is 20.3 Å². The van der Waals surface area contributed by atoms with E-state index in [9.17, 15) is 0 Å². The van der Waals surface area contributed by atoms with E-state index in [0.29, 0.717) is 23.6 Å². The smallest absolute Gasteiger partial charge is 0.261 e. The van der Waals surface area contributed by atoms with Crippen LogP contribution in [0.4, 0.5) is 5.82 Å². The van der Waals surface area contributed by atoms with Crippen molar-refractivity contribution in [2.24, 2.45) is 0 Å². The van der Waals surface area contributed by atoms with E-state index in [4.69, 9.17) is 24.4 Å². The van der Waals surface area contributed by atoms with Gasteiger partial charge in [0.15, 0.2) is 23.5 Å². The SMILES string of the molecule is CC1(C)O[C@@H]2[C@H](O1)[C@@H](CO[Si](c1ccccc1)(c1ccccc1)C(C)(C)C)O[C@H]2n1cnc2c(N)ncnc21. The van der Waals surface area contributed by atoms with E-state index >= 15 is 0 Å². The third kappa shape index (κ3) is 4.36. The van der Waals surface area contributed by atoms with E-state index in [0.717, 1.165) is 0 Å². The normalized spacial score (nSPS) is 24.7. The third-order valence-electron chi connectivity index (χ3n) is 7.67. The zero-order chi connectivity index (χ0) is 27.4. The summed E-state index contributed by atoms with van der Waals surface area (Å²) in [6.07, 6.45) is 1.52. The third-order valence-corrected chi connectivity index (χ3v) is 12.7. The van der Waals surface area contributed by atoms with Crippen LogP contribution in [0.2, 0.25) is 5.04 Å². The maximum Gasteiger partial charge on any atom is 0.261 e. The van der Waals surface area contributed by atoms with Crippen LogP contribution in [0, 0.1) is 0 Å². The lowest BCUT2D eigenvalue weighted by molar-refractivity contribution is -0.199. The van der Waals surface area contributed by atoms with Crippen molar-refractivity contribution in [2.45, 2.75) is 70.0 Å². The summed E-state index contributed by atoms with van der Waals surface area (Å²) in [6.45, 7) is 11.0. The van der Waals surface area contributed by atoms with Crippen LogP contribution in [0.25, 0.3) is 11.2 Å². The molecule has 2 aliphatic rings. The Labute approximate surface area is 229 Å². The van der Waals surface area contributed by atoms with Gasteiger partial charge in [0, 0.05) is 0 Å². The monoisotopic (exact) mass is 545 g/mol. The highest BCUT2D eigenvalue weighted by molar-refractivity contribution is 6.99. The Balaban J connectivity index is 1.38. The van der Waals surface area contributed by atoms with Crippen molar-refractivity contribution < 1.29 is 18.6 Å². The van der Waals surface area contributed by atoms with Crippen LogP contribution in [0.15, 0.2) is 73.3 Å². The summed E-state index contributed by atoms with van der Waals surface area (Å²) in [4.78, 5) is 12.9. The van der Waals surface area contributed by atoms with Crippen molar-refractivity contribution >= 4 is 35.7 Å². The van der Waals surface area contributed by atoms with Crippen molar-refractivity contribution in [3.05, 3.63) is 73.3 Å². The highest BCUT2D eigenvalue weighted by Gasteiger charge is 2.58. The second-order valence-corrected chi connectivity index (χ2v) is 16.0. The topological polar surface area (TPSA) is 107 Å². The molecule has 0 bridgehead atoms. The second-order valence-electron chi connectivity index (χ2n) is 11.7. The van der Waals surface area contributed by atoms with Gasteiger partial charge in [-0.1, -0.05) is 81.4 Å². The largest absolute Gasteiger partial charge is 0.405 e. The molecule has 2 fully saturated rings. The van der Waals surface area contributed by atoms with Gasteiger partial charge in [0.1, 0.15) is 30.2 Å². The highest BCUT2D eigenvalue weighted by Crippen LogP contribution is 2.45. The van der Waals surface area contributed by atoms with Gasteiger partial charge in [-0.25, -0.2) is 15.0 Å². The van der Waals surface area contributed by atoms with Crippen molar-refractivity contribution in [1.29, 1.82) is 0 Å². The highest BCUT2D eigenvalue weighted by atomic mass is 28.4. The number of anilines is 1. The van der Waals surface area contributed by atoms with Crippen LogP contribution in [0.5, 0.6) is 0 Å². The molecule has 2 aromatic carbocycles. The number of aromatic nitrogens is 4. The van der Waals surface area contributed by atoms with Gasteiger partial charge in [-0.3, -0.25) is 4.57 Å². The van der Waals surface area contributed by atoms with Gasteiger partial charge in [-0.2, -0.15) is 0 Å². The van der Waals surface area contributed by atoms with Gasteiger partial charge in [0.05, 0.1) is 12.9 Å². The number of benzene rings is 2. The van der Waals surface area contributed by atoms with Gasteiger partial charge in [-0.05, 0) is 29.3 Å². The van der Waals surface area contributed by atoms with Gasteiger partial charge in [0.2, 0.25) is 0 Å². The molecule has 4 atom stereocenters. The first-order chi connectivity index (χ1) is 18.6. The molecular formula is C29H35N5O4Si. The number of rotatable bonds is 6. The van der Waals surface area contributed by atoms with Crippen LogP contribution in [-0.2, 0) is 18.6 Å². The summed E-state index contributed by atoms with van der Waals surface area (Å²) in [5, 5.41) is 2.27. The van der Waals surface area contributed by atoms with Crippen molar-refractivity contribution in [1.82, 2.24) is 19.5 Å². The quantitative estimate of drug-likeness (QED) is 0.368. The Kier molecular flexibility index (Phi) is 6.35. The minimum atomic E-state index is -2.77. The number of nitrogens with zero attached hydrogens (tertiary/aromatic N) is 4. The maximum atomic E-state index is 7.21. The predicted molar refractivity (Wildman–Crippen MR) is 151 cm³/mol. The summed E-state index contributed by atoms with van der Waals surface area (Å²) in [6, 6.07) is 21.2. The number of imidazole rings is 1. The average Bonchev–Trinajstić information content (AvgIpc) is 3.56. The molecule has 0 saturated carbocycles. The maximum absolute atomic E-state index is 7.21. The number of ether oxygens (including phenoxy) is 3. The summed E-state index contributed by atoms with van der Waals surface area (Å²) in [5.41, 5.74) is 7.17. The molecule has 0 unspecified atom stereocenters. The van der Waals surface area contributed by atoms with Gasteiger partial charge >= 0.3 is 0 Å². The fourth-order valence-corrected chi connectivity index (χ4v) is 10.6. The number of nitrogens with two attached hydrogens (primary N) is 1. The molecule has 0 spiro atoms. The first-order valence-corrected chi connectivity index (χ1v) is 15.2. The lowest BCUT2D eigenvalue weighted by Crippen LogP contribution is -2.67. The molecule has 9 nitrogen and oxygen atoms in total. The van der Waals surface area contributed by atoms with Crippen LogP contribution in [0.1, 0.15) is 40.8 Å². The van der Waals surface area contributed by atoms with Crippen molar-refractivity contribution in [3.63, 3.8) is 0 Å². The lowest BCUT2D eigenvalue weighted by Gasteiger charge is -2.43. The van der Waals surface area contributed by atoms with E-state index in [2.05, 4.69) is 84.3 Å². The van der Waals surface area contributed by atoms with Gasteiger partial charge in [0.25, 0.3) is 8.32 Å². The van der Waals surface area contributed by atoms with E-state index in [1.54, 1.807) is 6.33 Å². The summed E-state index contributed by atoms with van der Waals surface area (Å²) < 4.78 is 28.5. The zero-order valence-electron chi connectivity index (χ0n) is 22.9. The number of nitrogen functional groups attached to an aromatic ring is 1. The Morgan fingerprint density at radius 1 is 0.923 bits per heavy atom. The van der Waals surface area contributed by atoms with E-state index in [1.165, 1.54) is 16.7 Å². The molecule has 0 radical (unpaired) electrons. The van der Waals surface area contributed by atoms with Crippen LogP contribution >= 0.6 is 0 Å². The van der Waals surface area contributed by atoms with Crippen LogP contribution < -0.4 is 16.1 Å². The number of hydrogen-bond acceptors (Lipinski definition) is 8. The number of hydrogen-bond donors (Lipinski definition) is 1. The molecule has 0 amide bonds. The first-order valence-electron chi connectivity index (χ1n) is 13.3. The molecule has 6 rings (SSSR count). The van der Waals surface area contributed by atoms with Crippen molar-refractivity contribution in [2.75, 3.05) is 12.3 Å². The van der Waals surface area contributed by atoms with E-state index in [1.807, 2.05) is 30.5 Å². The zero-order valence-corrected chi connectivity index (χ0v) is 23.9. The molecule has 10 heteroatoms. The minimum absolute atomic E-state index is 0.158. The van der Waals surface area contributed by atoms with Crippen molar-refractivity contribution in [3.8, 4) is 0 Å². The van der Waals surface area contributed by atoms with Crippen LogP contribution in [0.3, 0.4) is 0 Å². The Bertz CT molecular complexity index is 1420. The minimum Gasteiger partial charge on any atom is -0.405 e.